The van der Waals surface area contributed by atoms with Gasteiger partial charge >= 0.3 is 0 Å². The van der Waals surface area contributed by atoms with Gasteiger partial charge in [0, 0.05) is 12.3 Å². The van der Waals surface area contributed by atoms with E-state index >= 15 is 0 Å². The molecule has 1 unspecified atom stereocenters. The summed E-state index contributed by atoms with van der Waals surface area (Å²) in [6.45, 7) is 2.16. The van der Waals surface area contributed by atoms with Gasteiger partial charge in [-0.15, -0.1) is 0 Å². The molecule has 0 radical (unpaired) electrons. The second-order valence-corrected chi connectivity index (χ2v) is 5.29. The van der Waals surface area contributed by atoms with Crippen molar-refractivity contribution >= 4 is 11.6 Å². The number of hydrogen-bond acceptors (Lipinski definition) is 2. The van der Waals surface area contributed by atoms with Crippen LogP contribution in [0.4, 0.5) is 0 Å². The molecule has 0 aromatic rings. The monoisotopic (exact) mass is 232 g/mol. The van der Waals surface area contributed by atoms with Crippen LogP contribution in [-0.2, 0) is 9.59 Å². The molecule has 0 aromatic carbocycles. The van der Waals surface area contributed by atoms with Gasteiger partial charge in [0.1, 0.15) is 11.6 Å². The fourth-order valence-electron chi connectivity index (χ4n) is 2.58. The molecule has 0 spiro atoms. The first-order valence-corrected chi connectivity index (χ1v) is 6.55. The average Bonchev–Trinajstić information content (AvgIpc) is 2.30. The highest BCUT2D eigenvalue weighted by Crippen LogP contribution is 2.27. The van der Waals surface area contributed by atoms with E-state index < -0.39 is 0 Å². The molecule has 2 heteroatoms. The Bertz CT molecular complexity index is 388. The van der Waals surface area contributed by atoms with Gasteiger partial charge in [-0.2, -0.15) is 0 Å². The Morgan fingerprint density at radius 1 is 1.18 bits per heavy atom. The molecule has 2 rings (SSSR count). The zero-order chi connectivity index (χ0) is 12.3. The van der Waals surface area contributed by atoms with Crippen LogP contribution in [0.1, 0.15) is 51.9 Å². The lowest BCUT2D eigenvalue weighted by atomic mass is 9.82. The summed E-state index contributed by atoms with van der Waals surface area (Å²) in [6.07, 6.45) is 10.2. The third-order valence-electron chi connectivity index (χ3n) is 3.86. The summed E-state index contributed by atoms with van der Waals surface area (Å²) in [6, 6.07) is 0. The van der Waals surface area contributed by atoms with E-state index in [1.54, 1.807) is 0 Å². The largest absolute Gasteiger partial charge is 0.299 e. The lowest BCUT2D eigenvalue weighted by molar-refractivity contribution is -0.132. The molecule has 1 fully saturated rings. The number of hydrogen-bond donors (Lipinski definition) is 0. The van der Waals surface area contributed by atoms with Crippen LogP contribution in [-0.4, -0.2) is 11.6 Å². The van der Waals surface area contributed by atoms with Gasteiger partial charge in [-0.05, 0) is 39.0 Å². The van der Waals surface area contributed by atoms with Crippen LogP contribution in [0.25, 0.3) is 0 Å². The number of carbonyl (C=O) groups excluding carboxylic acids is 2. The molecular weight excluding hydrogens is 212 g/mol. The molecule has 0 N–H and O–H groups in total. The van der Waals surface area contributed by atoms with E-state index in [4.69, 9.17) is 0 Å². The van der Waals surface area contributed by atoms with Crippen LogP contribution < -0.4 is 0 Å². The Morgan fingerprint density at radius 2 is 2.00 bits per heavy atom. The van der Waals surface area contributed by atoms with Gasteiger partial charge in [0.25, 0.3) is 0 Å². The fourth-order valence-corrected chi connectivity index (χ4v) is 2.58. The zero-order valence-corrected chi connectivity index (χ0v) is 10.5. The van der Waals surface area contributed by atoms with Crippen LogP contribution in [0.2, 0.25) is 0 Å². The van der Waals surface area contributed by atoms with Crippen molar-refractivity contribution < 1.29 is 9.59 Å². The van der Waals surface area contributed by atoms with E-state index in [9.17, 15) is 9.59 Å². The van der Waals surface area contributed by atoms with Gasteiger partial charge in [-0.25, -0.2) is 0 Å². The molecule has 0 aromatic heterocycles. The van der Waals surface area contributed by atoms with E-state index in [2.05, 4.69) is 19.1 Å². The predicted molar refractivity (Wildman–Crippen MR) is 67.7 cm³/mol. The Hall–Kier alpha value is -1.18. The Balaban J connectivity index is 1.82. The third kappa shape index (κ3) is 3.39. The minimum atomic E-state index is 0.127. The van der Waals surface area contributed by atoms with Crippen molar-refractivity contribution in [2.24, 2.45) is 5.92 Å². The molecule has 2 aliphatic rings. The molecule has 17 heavy (non-hydrogen) atoms. The summed E-state index contributed by atoms with van der Waals surface area (Å²) in [7, 11) is 0. The van der Waals surface area contributed by atoms with Crippen molar-refractivity contribution in [1.82, 2.24) is 0 Å². The molecule has 2 nitrogen and oxygen atoms in total. The Labute approximate surface area is 103 Å². The number of Topliss-reactive ketones (excluding diaryl/α,β-unsaturated/α-hetero) is 2. The molecule has 0 heterocycles. The highest BCUT2D eigenvalue weighted by atomic mass is 16.1. The Kier molecular flexibility index (Phi) is 3.93. The van der Waals surface area contributed by atoms with Gasteiger partial charge in [0.2, 0.25) is 0 Å². The minimum Gasteiger partial charge on any atom is -0.299 e. The summed E-state index contributed by atoms with van der Waals surface area (Å²) in [5, 5.41) is 0. The van der Waals surface area contributed by atoms with Gasteiger partial charge in [-0.3, -0.25) is 9.59 Å². The second kappa shape index (κ2) is 5.44. The quantitative estimate of drug-likeness (QED) is 0.699. The molecule has 0 aliphatic heterocycles. The maximum absolute atomic E-state index is 11.7. The second-order valence-electron chi connectivity index (χ2n) is 5.29. The maximum atomic E-state index is 11.7. The SMILES string of the molecule is CC1=CC=C(CCC2CCC(=O)CC2=O)CC1. The van der Waals surface area contributed by atoms with Crippen LogP contribution in [0, 0.1) is 5.92 Å². The normalized spacial score (nSPS) is 25.6. The minimum absolute atomic E-state index is 0.127. The van der Waals surface area contributed by atoms with Gasteiger partial charge in [0.05, 0.1) is 6.42 Å². The zero-order valence-electron chi connectivity index (χ0n) is 10.5. The first-order chi connectivity index (χ1) is 8.15. The molecule has 0 bridgehead atoms. The van der Waals surface area contributed by atoms with Gasteiger partial charge in [-0.1, -0.05) is 23.3 Å². The summed E-state index contributed by atoms with van der Waals surface area (Å²) in [5.74, 6) is 0.437. The third-order valence-corrected chi connectivity index (χ3v) is 3.86. The highest BCUT2D eigenvalue weighted by molar-refractivity contribution is 6.02. The van der Waals surface area contributed by atoms with Crippen molar-refractivity contribution in [2.75, 3.05) is 0 Å². The number of ketones is 2. The first-order valence-electron chi connectivity index (χ1n) is 6.55. The number of rotatable bonds is 3. The molecule has 0 saturated heterocycles. The number of allylic oxidation sites excluding steroid dienone is 4. The average molecular weight is 232 g/mol. The van der Waals surface area contributed by atoms with E-state index in [1.165, 1.54) is 11.1 Å². The molecule has 1 saturated carbocycles. The molecule has 0 amide bonds. The molecule has 2 aliphatic carbocycles. The summed E-state index contributed by atoms with van der Waals surface area (Å²) < 4.78 is 0. The van der Waals surface area contributed by atoms with Crippen LogP contribution in [0.3, 0.4) is 0 Å². The van der Waals surface area contributed by atoms with Crippen molar-refractivity contribution in [1.29, 1.82) is 0 Å². The summed E-state index contributed by atoms with van der Waals surface area (Å²) in [5.41, 5.74) is 2.90. The molecular formula is C15H20O2. The van der Waals surface area contributed by atoms with Crippen LogP contribution in [0.15, 0.2) is 23.3 Å². The lowest BCUT2D eigenvalue weighted by Gasteiger charge is -2.21. The van der Waals surface area contributed by atoms with Crippen molar-refractivity contribution in [3.8, 4) is 0 Å². The van der Waals surface area contributed by atoms with E-state index in [0.717, 1.165) is 32.1 Å². The van der Waals surface area contributed by atoms with E-state index in [0.29, 0.717) is 6.42 Å². The van der Waals surface area contributed by atoms with E-state index in [1.807, 2.05) is 0 Å². The Morgan fingerprint density at radius 3 is 2.65 bits per heavy atom. The first kappa shape index (κ1) is 12.3. The fraction of sp³-hybridized carbons (Fsp3) is 0.600. The highest BCUT2D eigenvalue weighted by Gasteiger charge is 2.26. The maximum Gasteiger partial charge on any atom is 0.143 e. The van der Waals surface area contributed by atoms with Crippen molar-refractivity contribution in [3.05, 3.63) is 23.3 Å². The number of carbonyl (C=O) groups is 2. The molecule has 1 atom stereocenters. The van der Waals surface area contributed by atoms with Crippen LogP contribution >= 0.6 is 0 Å². The summed E-state index contributed by atoms with van der Waals surface area (Å²) >= 11 is 0. The van der Waals surface area contributed by atoms with Crippen molar-refractivity contribution in [3.63, 3.8) is 0 Å². The van der Waals surface area contributed by atoms with Crippen molar-refractivity contribution in [2.45, 2.75) is 51.9 Å². The predicted octanol–water partition coefficient (Wildman–Crippen LogP) is 3.37. The summed E-state index contributed by atoms with van der Waals surface area (Å²) in [4.78, 5) is 22.8. The van der Waals surface area contributed by atoms with Gasteiger partial charge in [0.15, 0.2) is 0 Å². The molecule has 92 valence electrons. The van der Waals surface area contributed by atoms with Gasteiger partial charge < -0.3 is 0 Å². The lowest BCUT2D eigenvalue weighted by Crippen LogP contribution is -2.24. The van der Waals surface area contributed by atoms with Crippen LogP contribution in [0.5, 0.6) is 0 Å². The standard InChI is InChI=1S/C15H20O2/c1-11-2-4-12(5-3-11)6-7-13-8-9-14(16)10-15(13)17/h2,4,13H,3,5-10H2,1H3. The topological polar surface area (TPSA) is 34.1 Å². The van der Waals surface area contributed by atoms with E-state index in [-0.39, 0.29) is 23.9 Å². The smallest absolute Gasteiger partial charge is 0.143 e.